The molecular weight excluding hydrogens is 344 g/mol. The summed E-state index contributed by atoms with van der Waals surface area (Å²) < 4.78 is 28.4. The third kappa shape index (κ3) is 2.50. The number of aryl methyl sites for hydroxylation is 2. The topological polar surface area (TPSA) is 65.9 Å². The molecule has 0 spiro atoms. The number of hydrogen-bond donors (Lipinski definition) is 0. The highest BCUT2D eigenvalue weighted by Crippen LogP contribution is 2.29. The van der Waals surface area contributed by atoms with Crippen LogP contribution < -0.4 is 4.90 Å². The van der Waals surface area contributed by atoms with Crippen LogP contribution in [0.4, 0.5) is 5.13 Å². The molecule has 1 aromatic carbocycles. The number of fused-ring (bicyclic) bond motifs is 1. The molecule has 8 heteroatoms. The van der Waals surface area contributed by atoms with Crippen molar-refractivity contribution in [3.8, 4) is 0 Å². The number of aromatic nitrogens is 1. The van der Waals surface area contributed by atoms with Gasteiger partial charge in [0.25, 0.3) is 10.0 Å². The molecule has 2 aliphatic heterocycles. The summed E-state index contributed by atoms with van der Waals surface area (Å²) in [6, 6.07) is 7.05. The molecule has 0 atom stereocenters. The van der Waals surface area contributed by atoms with Crippen molar-refractivity contribution in [2.24, 2.45) is 4.40 Å². The van der Waals surface area contributed by atoms with Gasteiger partial charge in [0.1, 0.15) is 4.90 Å². The van der Waals surface area contributed by atoms with Gasteiger partial charge in [0.05, 0.1) is 5.69 Å². The van der Waals surface area contributed by atoms with Crippen molar-refractivity contribution in [2.45, 2.75) is 18.7 Å². The summed E-state index contributed by atoms with van der Waals surface area (Å²) in [5, 5.41) is 1.05. The van der Waals surface area contributed by atoms with Crippen molar-refractivity contribution in [1.82, 2.24) is 9.88 Å². The molecule has 126 valence electrons. The lowest BCUT2D eigenvalue weighted by Gasteiger charge is -2.35. The molecule has 1 aromatic heterocycles. The largest absolute Gasteiger partial charge is 0.352 e. The molecule has 0 N–H and O–H groups in total. The third-order valence-electron chi connectivity index (χ3n) is 4.48. The lowest BCUT2D eigenvalue weighted by Crippen LogP contribution is -2.48. The van der Waals surface area contributed by atoms with E-state index in [0.29, 0.717) is 16.3 Å². The van der Waals surface area contributed by atoms with Gasteiger partial charge >= 0.3 is 0 Å². The maximum Gasteiger partial charge on any atom is 0.285 e. The van der Waals surface area contributed by atoms with Crippen molar-refractivity contribution in [2.75, 3.05) is 31.1 Å². The molecule has 0 saturated carbocycles. The minimum atomic E-state index is -3.55. The number of benzene rings is 1. The smallest absolute Gasteiger partial charge is 0.285 e. The fourth-order valence-corrected chi connectivity index (χ4v) is 5.21. The molecule has 2 aromatic rings. The Bertz CT molecular complexity index is 906. The van der Waals surface area contributed by atoms with Gasteiger partial charge in [-0.15, -0.1) is 15.7 Å². The van der Waals surface area contributed by atoms with Gasteiger partial charge in [0, 0.05) is 36.6 Å². The minimum Gasteiger partial charge on any atom is -0.352 e. The second kappa shape index (κ2) is 5.56. The third-order valence-corrected chi connectivity index (χ3v) is 6.94. The van der Waals surface area contributed by atoms with Crippen LogP contribution in [0.3, 0.4) is 0 Å². The van der Waals surface area contributed by atoms with Crippen LogP contribution in [-0.4, -0.2) is 50.3 Å². The van der Waals surface area contributed by atoms with Crippen LogP contribution in [0.2, 0.25) is 0 Å². The number of rotatable bonds is 1. The predicted octanol–water partition coefficient (Wildman–Crippen LogP) is 2.03. The first-order valence-corrected chi connectivity index (χ1v) is 10.1. The Kier molecular flexibility index (Phi) is 3.61. The number of thiazole rings is 1. The van der Waals surface area contributed by atoms with Gasteiger partial charge in [-0.05, 0) is 26.0 Å². The first-order chi connectivity index (χ1) is 11.5. The molecule has 1 saturated heterocycles. The van der Waals surface area contributed by atoms with E-state index in [0.717, 1.165) is 37.0 Å². The molecule has 0 unspecified atom stereocenters. The molecule has 0 radical (unpaired) electrons. The fourth-order valence-electron chi connectivity index (χ4n) is 3.02. The lowest BCUT2D eigenvalue weighted by molar-refractivity contribution is 0.387. The van der Waals surface area contributed by atoms with Gasteiger partial charge < -0.3 is 9.80 Å². The van der Waals surface area contributed by atoms with E-state index in [-0.39, 0.29) is 0 Å². The minimum absolute atomic E-state index is 0.314. The van der Waals surface area contributed by atoms with Crippen molar-refractivity contribution >= 4 is 32.3 Å². The van der Waals surface area contributed by atoms with E-state index in [1.54, 1.807) is 23.5 Å². The predicted molar refractivity (Wildman–Crippen MR) is 95.5 cm³/mol. The summed E-state index contributed by atoms with van der Waals surface area (Å²) in [4.78, 5) is 10.5. The number of sulfonamides is 1. The van der Waals surface area contributed by atoms with Gasteiger partial charge in [0.2, 0.25) is 0 Å². The standard InChI is InChI=1S/C16H18N4O2S2/c1-11-12(2)23-16(17-11)20-9-7-19(8-10-20)15-13-5-3-4-6-14(13)24(21,22)18-15/h3-6H,7-10H2,1-2H3. The van der Waals surface area contributed by atoms with Crippen LogP contribution in [-0.2, 0) is 10.0 Å². The Balaban J connectivity index is 1.55. The molecule has 0 aliphatic carbocycles. The molecule has 4 rings (SSSR count). The first kappa shape index (κ1) is 15.6. The summed E-state index contributed by atoms with van der Waals surface area (Å²) in [6.45, 7) is 7.21. The van der Waals surface area contributed by atoms with Crippen LogP contribution in [0.25, 0.3) is 0 Å². The van der Waals surface area contributed by atoms with Crippen molar-refractivity contribution < 1.29 is 8.42 Å². The zero-order chi connectivity index (χ0) is 16.9. The van der Waals surface area contributed by atoms with E-state index in [1.165, 1.54) is 4.88 Å². The van der Waals surface area contributed by atoms with E-state index >= 15 is 0 Å². The zero-order valence-corrected chi connectivity index (χ0v) is 15.2. The van der Waals surface area contributed by atoms with E-state index in [4.69, 9.17) is 0 Å². The van der Waals surface area contributed by atoms with E-state index in [2.05, 4.69) is 26.1 Å². The average Bonchev–Trinajstić information content (AvgIpc) is 3.05. The number of hydrogen-bond acceptors (Lipinski definition) is 6. The Labute approximate surface area is 145 Å². The van der Waals surface area contributed by atoms with Crippen LogP contribution in [0.1, 0.15) is 16.1 Å². The quantitative estimate of drug-likeness (QED) is 0.777. The molecule has 1 fully saturated rings. The highest BCUT2D eigenvalue weighted by atomic mass is 32.2. The Morgan fingerprint density at radius 1 is 1.04 bits per heavy atom. The van der Waals surface area contributed by atoms with Gasteiger partial charge in [-0.2, -0.15) is 8.42 Å². The van der Waals surface area contributed by atoms with Crippen molar-refractivity contribution in [3.05, 3.63) is 40.4 Å². The molecule has 0 bridgehead atoms. The average molecular weight is 362 g/mol. The van der Waals surface area contributed by atoms with E-state index < -0.39 is 10.0 Å². The van der Waals surface area contributed by atoms with E-state index in [1.807, 2.05) is 19.1 Å². The van der Waals surface area contributed by atoms with Crippen molar-refractivity contribution in [1.29, 1.82) is 0 Å². The van der Waals surface area contributed by atoms with Crippen LogP contribution in [0.15, 0.2) is 33.6 Å². The maximum absolute atomic E-state index is 12.2. The molecule has 2 aliphatic rings. The highest BCUT2D eigenvalue weighted by Gasteiger charge is 2.33. The summed E-state index contributed by atoms with van der Waals surface area (Å²) in [5.74, 6) is 0.580. The summed E-state index contributed by atoms with van der Waals surface area (Å²) in [7, 11) is -3.55. The van der Waals surface area contributed by atoms with Crippen LogP contribution >= 0.6 is 11.3 Å². The summed E-state index contributed by atoms with van der Waals surface area (Å²) >= 11 is 1.71. The fraction of sp³-hybridized carbons (Fsp3) is 0.375. The normalized spacial score (nSPS) is 19.3. The van der Waals surface area contributed by atoms with Crippen LogP contribution in [0.5, 0.6) is 0 Å². The summed E-state index contributed by atoms with van der Waals surface area (Å²) in [6.07, 6.45) is 0. The van der Waals surface area contributed by atoms with Gasteiger partial charge in [-0.1, -0.05) is 12.1 Å². The monoisotopic (exact) mass is 362 g/mol. The number of anilines is 1. The Morgan fingerprint density at radius 2 is 1.71 bits per heavy atom. The molecule has 3 heterocycles. The molecule has 6 nitrogen and oxygen atoms in total. The highest BCUT2D eigenvalue weighted by molar-refractivity contribution is 7.90. The second-order valence-electron chi connectivity index (χ2n) is 6.00. The Hall–Kier alpha value is -1.93. The number of amidine groups is 1. The maximum atomic E-state index is 12.2. The van der Waals surface area contributed by atoms with Gasteiger partial charge in [0.15, 0.2) is 11.0 Å². The summed E-state index contributed by atoms with van der Waals surface area (Å²) in [5.41, 5.74) is 1.80. The molecule has 0 amide bonds. The van der Waals surface area contributed by atoms with Gasteiger partial charge in [-0.3, -0.25) is 0 Å². The SMILES string of the molecule is Cc1nc(N2CCN(C3=NS(=O)(=O)c4ccccc43)CC2)sc1C. The molecular formula is C16H18N4O2S2. The van der Waals surface area contributed by atoms with Crippen molar-refractivity contribution in [3.63, 3.8) is 0 Å². The first-order valence-electron chi connectivity index (χ1n) is 7.84. The van der Waals surface area contributed by atoms with E-state index in [9.17, 15) is 8.42 Å². The number of piperazine rings is 1. The van der Waals surface area contributed by atoms with Gasteiger partial charge in [-0.25, -0.2) is 4.98 Å². The zero-order valence-electron chi connectivity index (χ0n) is 13.6. The Morgan fingerprint density at radius 3 is 2.38 bits per heavy atom. The second-order valence-corrected chi connectivity index (χ2v) is 8.75. The van der Waals surface area contributed by atoms with Crippen LogP contribution in [0, 0.1) is 13.8 Å². The lowest BCUT2D eigenvalue weighted by atomic mass is 10.1. The molecule has 24 heavy (non-hydrogen) atoms. The number of nitrogens with zero attached hydrogens (tertiary/aromatic N) is 4.